The molecule has 0 amide bonds. The lowest BCUT2D eigenvalue weighted by molar-refractivity contribution is -0.138. The van der Waals surface area contributed by atoms with Crippen LogP contribution in [0.15, 0.2) is 23.8 Å². The second-order valence-electron chi connectivity index (χ2n) is 6.74. The number of carbonyl (C=O) groups excluding carboxylic acids is 1. The van der Waals surface area contributed by atoms with Gasteiger partial charge in [0.1, 0.15) is 11.6 Å². The van der Waals surface area contributed by atoms with Crippen LogP contribution < -0.4 is 0 Å². The summed E-state index contributed by atoms with van der Waals surface area (Å²) in [5.74, 6) is -1.23. The van der Waals surface area contributed by atoms with Crippen LogP contribution in [0.25, 0.3) is 6.08 Å². The zero-order chi connectivity index (χ0) is 19.9. The number of phenols is 2. The van der Waals surface area contributed by atoms with E-state index in [1.54, 1.807) is 0 Å². The van der Waals surface area contributed by atoms with Crippen LogP contribution in [0.5, 0.6) is 11.5 Å². The highest BCUT2D eigenvalue weighted by atomic mass is 16.5. The first-order valence-electron chi connectivity index (χ1n) is 9.89. The Balaban J connectivity index is 2.22. The van der Waals surface area contributed by atoms with Gasteiger partial charge in [0.2, 0.25) is 0 Å². The number of carbonyl (C=O) groups is 1. The van der Waals surface area contributed by atoms with Gasteiger partial charge in [-0.05, 0) is 30.2 Å². The Kier molecular flexibility index (Phi) is 11.4. The lowest BCUT2D eigenvalue weighted by Crippen LogP contribution is -2.08. The highest BCUT2D eigenvalue weighted by Gasteiger charge is 2.11. The van der Waals surface area contributed by atoms with Crippen molar-refractivity contribution >= 4 is 12.0 Å². The normalized spacial score (nSPS) is 11.2. The van der Waals surface area contributed by atoms with Crippen molar-refractivity contribution in [3.63, 3.8) is 0 Å². The molecule has 5 nitrogen and oxygen atoms in total. The van der Waals surface area contributed by atoms with Crippen molar-refractivity contribution in [2.45, 2.75) is 71.1 Å². The minimum absolute atomic E-state index is 0.132. The molecule has 0 spiro atoms. The number of esters is 1. The Bertz CT molecular complexity index is 646. The number of nitriles is 1. The molecule has 1 aromatic carbocycles. The molecule has 0 saturated heterocycles. The second kappa shape index (κ2) is 13.7. The first-order valence-corrected chi connectivity index (χ1v) is 9.89. The van der Waals surface area contributed by atoms with Crippen LogP contribution in [-0.4, -0.2) is 22.8 Å². The van der Waals surface area contributed by atoms with Crippen molar-refractivity contribution < 1.29 is 19.7 Å². The molecule has 0 bridgehead atoms. The predicted molar refractivity (Wildman–Crippen MR) is 106 cm³/mol. The maximum absolute atomic E-state index is 12.0. The molecule has 0 aromatic heterocycles. The molecule has 0 heterocycles. The summed E-state index contributed by atoms with van der Waals surface area (Å²) in [6.07, 6.45) is 13.3. The summed E-state index contributed by atoms with van der Waals surface area (Å²) in [7, 11) is 0. The molecule has 0 fully saturated rings. The number of aromatic hydroxyl groups is 2. The number of rotatable bonds is 13. The van der Waals surface area contributed by atoms with E-state index in [9.17, 15) is 15.0 Å². The van der Waals surface area contributed by atoms with Gasteiger partial charge in [-0.15, -0.1) is 0 Å². The number of phenolic OH excluding ortho intramolecular Hbond substituents is 2. The molecule has 0 aliphatic rings. The number of ether oxygens (including phenoxy) is 1. The third kappa shape index (κ3) is 9.69. The van der Waals surface area contributed by atoms with Crippen molar-refractivity contribution in [3.05, 3.63) is 29.3 Å². The van der Waals surface area contributed by atoms with Gasteiger partial charge in [0.25, 0.3) is 0 Å². The van der Waals surface area contributed by atoms with E-state index in [4.69, 9.17) is 10.00 Å². The molecule has 0 aliphatic carbocycles. The number of hydrogen-bond acceptors (Lipinski definition) is 5. The molecule has 0 atom stereocenters. The summed E-state index contributed by atoms with van der Waals surface area (Å²) < 4.78 is 5.15. The van der Waals surface area contributed by atoms with Gasteiger partial charge in [0, 0.05) is 0 Å². The summed E-state index contributed by atoms with van der Waals surface area (Å²) in [4.78, 5) is 12.0. The first-order chi connectivity index (χ1) is 13.1. The van der Waals surface area contributed by atoms with Gasteiger partial charge in [0.15, 0.2) is 11.5 Å². The molecule has 5 heteroatoms. The van der Waals surface area contributed by atoms with E-state index in [-0.39, 0.29) is 17.1 Å². The Morgan fingerprint density at radius 1 is 1.00 bits per heavy atom. The van der Waals surface area contributed by atoms with Gasteiger partial charge >= 0.3 is 5.97 Å². The van der Waals surface area contributed by atoms with Crippen molar-refractivity contribution in [1.29, 1.82) is 5.26 Å². The average Bonchev–Trinajstić information content (AvgIpc) is 2.66. The molecule has 2 N–H and O–H groups in total. The predicted octanol–water partition coefficient (Wildman–Crippen LogP) is 5.47. The van der Waals surface area contributed by atoms with Crippen molar-refractivity contribution in [2.24, 2.45) is 0 Å². The van der Waals surface area contributed by atoms with Crippen LogP contribution in [0, 0.1) is 11.3 Å². The first kappa shape index (κ1) is 22.6. The van der Waals surface area contributed by atoms with E-state index in [1.165, 1.54) is 69.2 Å². The molecule has 0 saturated carbocycles. The maximum Gasteiger partial charge on any atom is 0.348 e. The van der Waals surface area contributed by atoms with E-state index >= 15 is 0 Å². The standard InChI is InChI=1S/C22H31NO4/c1-2-3-4-5-6-7-8-9-10-11-14-27-22(26)19(17-23)15-18-12-13-20(24)21(25)16-18/h12-13,15-16,24-25H,2-11,14H2,1H3/b19-15+. The third-order valence-electron chi connectivity index (χ3n) is 4.38. The number of unbranched alkanes of at least 4 members (excludes halogenated alkanes) is 9. The maximum atomic E-state index is 12.0. The van der Waals surface area contributed by atoms with Gasteiger partial charge in [0.05, 0.1) is 6.61 Å². The van der Waals surface area contributed by atoms with Crippen LogP contribution in [0.4, 0.5) is 0 Å². The minimum Gasteiger partial charge on any atom is -0.504 e. The third-order valence-corrected chi connectivity index (χ3v) is 4.38. The minimum atomic E-state index is -0.666. The van der Waals surface area contributed by atoms with Gasteiger partial charge in [-0.2, -0.15) is 5.26 Å². The molecular formula is C22H31NO4. The summed E-state index contributed by atoms with van der Waals surface area (Å²) in [5.41, 5.74) is 0.310. The summed E-state index contributed by atoms with van der Waals surface area (Å²) in [6.45, 7) is 2.52. The molecule has 1 aromatic rings. The molecule has 0 unspecified atom stereocenters. The van der Waals surface area contributed by atoms with Crippen molar-refractivity contribution in [1.82, 2.24) is 0 Å². The van der Waals surface area contributed by atoms with Gasteiger partial charge in [-0.25, -0.2) is 4.79 Å². The summed E-state index contributed by atoms with van der Waals surface area (Å²) >= 11 is 0. The highest BCUT2D eigenvalue weighted by molar-refractivity contribution is 5.97. The fraction of sp³-hybridized carbons (Fsp3) is 0.545. The van der Waals surface area contributed by atoms with Crippen molar-refractivity contribution in [3.8, 4) is 17.6 Å². The lowest BCUT2D eigenvalue weighted by Gasteiger charge is -2.05. The van der Waals surface area contributed by atoms with Crippen molar-refractivity contribution in [2.75, 3.05) is 6.61 Å². The smallest absolute Gasteiger partial charge is 0.348 e. The second-order valence-corrected chi connectivity index (χ2v) is 6.74. The van der Waals surface area contributed by atoms with Crippen LogP contribution >= 0.6 is 0 Å². The number of nitrogens with zero attached hydrogens (tertiary/aromatic N) is 1. The van der Waals surface area contributed by atoms with E-state index < -0.39 is 5.97 Å². The molecule has 1 rings (SSSR count). The van der Waals surface area contributed by atoms with Crippen LogP contribution in [0.2, 0.25) is 0 Å². The number of benzene rings is 1. The van der Waals surface area contributed by atoms with E-state index in [0.29, 0.717) is 12.2 Å². The summed E-state index contributed by atoms with van der Waals surface area (Å²) in [6, 6.07) is 5.90. The van der Waals surface area contributed by atoms with Crippen LogP contribution in [0.3, 0.4) is 0 Å². The molecular weight excluding hydrogens is 342 g/mol. The Morgan fingerprint density at radius 3 is 2.15 bits per heavy atom. The van der Waals surface area contributed by atoms with E-state index in [2.05, 4.69) is 6.92 Å². The van der Waals surface area contributed by atoms with E-state index in [1.807, 2.05) is 6.07 Å². The molecule has 27 heavy (non-hydrogen) atoms. The molecule has 0 aliphatic heterocycles. The van der Waals surface area contributed by atoms with Crippen LogP contribution in [0.1, 0.15) is 76.7 Å². The molecule has 0 radical (unpaired) electrons. The van der Waals surface area contributed by atoms with Gasteiger partial charge < -0.3 is 14.9 Å². The Hall–Kier alpha value is -2.48. The van der Waals surface area contributed by atoms with E-state index in [0.717, 1.165) is 19.3 Å². The van der Waals surface area contributed by atoms with Gasteiger partial charge in [-0.1, -0.05) is 70.8 Å². The Labute approximate surface area is 162 Å². The Morgan fingerprint density at radius 2 is 1.59 bits per heavy atom. The largest absolute Gasteiger partial charge is 0.504 e. The summed E-state index contributed by atoms with van der Waals surface area (Å²) in [5, 5.41) is 27.9. The van der Waals surface area contributed by atoms with Gasteiger partial charge in [-0.3, -0.25) is 0 Å². The zero-order valence-electron chi connectivity index (χ0n) is 16.2. The lowest BCUT2D eigenvalue weighted by atomic mass is 10.1. The fourth-order valence-electron chi connectivity index (χ4n) is 2.77. The molecule has 148 valence electrons. The monoisotopic (exact) mass is 373 g/mol. The zero-order valence-corrected chi connectivity index (χ0v) is 16.2. The highest BCUT2D eigenvalue weighted by Crippen LogP contribution is 2.26. The number of hydrogen-bond donors (Lipinski definition) is 2. The SMILES string of the molecule is CCCCCCCCCCCCOC(=O)/C(C#N)=C/c1ccc(O)c(O)c1. The topological polar surface area (TPSA) is 90.6 Å². The van der Waals surface area contributed by atoms with Crippen LogP contribution in [-0.2, 0) is 9.53 Å². The average molecular weight is 373 g/mol. The fourth-order valence-corrected chi connectivity index (χ4v) is 2.77. The quantitative estimate of drug-likeness (QED) is 0.157.